The van der Waals surface area contributed by atoms with Gasteiger partial charge in [-0.15, -0.1) is 0 Å². The lowest BCUT2D eigenvalue weighted by atomic mass is 10.1. The molecule has 0 radical (unpaired) electrons. The Labute approximate surface area is 120 Å². The van der Waals surface area contributed by atoms with Crippen LogP contribution in [0.1, 0.15) is 24.5 Å². The summed E-state index contributed by atoms with van der Waals surface area (Å²) >= 11 is 0. The van der Waals surface area contributed by atoms with E-state index in [9.17, 15) is 5.11 Å². The number of benzene rings is 2. The van der Waals surface area contributed by atoms with Crippen LogP contribution in [0.4, 0.5) is 5.69 Å². The van der Waals surface area contributed by atoms with Crippen molar-refractivity contribution in [1.82, 2.24) is 4.90 Å². The van der Waals surface area contributed by atoms with Crippen molar-refractivity contribution in [3.63, 3.8) is 0 Å². The van der Waals surface area contributed by atoms with Crippen molar-refractivity contribution in [2.24, 2.45) is 0 Å². The summed E-state index contributed by atoms with van der Waals surface area (Å²) in [6.45, 7) is 4.82. The number of hydrogen-bond acceptors (Lipinski definition) is 3. The average molecular weight is 270 g/mol. The third kappa shape index (κ3) is 4.00. The van der Waals surface area contributed by atoms with E-state index in [0.29, 0.717) is 5.75 Å². The lowest BCUT2D eigenvalue weighted by molar-refractivity contribution is 0.257. The van der Waals surface area contributed by atoms with Gasteiger partial charge in [0.05, 0.1) is 0 Å². The van der Waals surface area contributed by atoms with Gasteiger partial charge in [0.15, 0.2) is 0 Å². The standard InChI is InChI=1S/C17H22N2O/c1-2-10-19(12-14-6-5-8-16(20)11-14)13-15-7-3-4-9-17(15)18/h3-9,11,20H,2,10,12-13,18H2,1H3. The number of nitrogens with zero attached hydrogens (tertiary/aromatic N) is 1. The molecule has 20 heavy (non-hydrogen) atoms. The van der Waals surface area contributed by atoms with Crippen LogP contribution in [0.3, 0.4) is 0 Å². The summed E-state index contributed by atoms with van der Waals surface area (Å²) < 4.78 is 0. The highest BCUT2D eigenvalue weighted by molar-refractivity contribution is 5.46. The summed E-state index contributed by atoms with van der Waals surface area (Å²) in [5, 5.41) is 9.55. The predicted octanol–water partition coefficient (Wildman–Crippen LogP) is 3.39. The zero-order valence-electron chi connectivity index (χ0n) is 11.9. The van der Waals surface area contributed by atoms with Crippen molar-refractivity contribution in [3.05, 3.63) is 59.7 Å². The number of anilines is 1. The molecule has 0 heterocycles. The van der Waals surface area contributed by atoms with Crippen molar-refractivity contribution in [1.29, 1.82) is 0 Å². The summed E-state index contributed by atoms with van der Waals surface area (Å²) in [4.78, 5) is 2.35. The van der Waals surface area contributed by atoms with Crippen LogP contribution in [0.25, 0.3) is 0 Å². The van der Waals surface area contributed by atoms with Crippen molar-refractivity contribution >= 4 is 5.69 Å². The fourth-order valence-electron chi connectivity index (χ4n) is 2.36. The smallest absolute Gasteiger partial charge is 0.115 e. The van der Waals surface area contributed by atoms with Gasteiger partial charge in [0.25, 0.3) is 0 Å². The minimum atomic E-state index is 0.318. The van der Waals surface area contributed by atoms with Crippen LogP contribution in [-0.2, 0) is 13.1 Å². The lowest BCUT2D eigenvalue weighted by Gasteiger charge is -2.22. The van der Waals surface area contributed by atoms with E-state index in [4.69, 9.17) is 5.73 Å². The van der Waals surface area contributed by atoms with Gasteiger partial charge in [-0.2, -0.15) is 0 Å². The molecular formula is C17H22N2O. The summed E-state index contributed by atoms with van der Waals surface area (Å²) in [5.41, 5.74) is 9.13. The number of aromatic hydroxyl groups is 1. The molecule has 3 nitrogen and oxygen atoms in total. The third-order valence-corrected chi connectivity index (χ3v) is 3.31. The molecule has 0 bridgehead atoms. The molecule has 0 spiro atoms. The Morgan fingerprint density at radius 1 is 1.05 bits per heavy atom. The van der Waals surface area contributed by atoms with E-state index in [-0.39, 0.29) is 0 Å². The van der Waals surface area contributed by atoms with Gasteiger partial charge in [0.2, 0.25) is 0 Å². The van der Waals surface area contributed by atoms with Crippen LogP contribution in [0.5, 0.6) is 5.75 Å². The molecule has 0 unspecified atom stereocenters. The summed E-state index contributed by atoms with van der Waals surface area (Å²) in [7, 11) is 0. The van der Waals surface area contributed by atoms with Crippen LogP contribution < -0.4 is 5.73 Å². The molecule has 0 amide bonds. The van der Waals surface area contributed by atoms with E-state index in [1.165, 1.54) is 0 Å². The molecular weight excluding hydrogens is 248 g/mol. The summed E-state index contributed by atoms with van der Waals surface area (Å²) in [6.07, 6.45) is 1.09. The zero-order valence-corrected chi connectivity index (χ0v) is 11.9. The summed E-state index contributed by atoms with van der Waals surface area (Å²) in [5.74, 6) is 0.318. The topological polar surface area (TPSA) is 49.5 Å². The van der Waals surface area contributed by atoms with Gasteiger partial charge in [-0.1, -0.05) is 37.3 Å². The number of phenolic OH excluding ortho intramolecular Hbond substituents is 1. The number of rotatable bonds is 6. The summed E-state index contributed by atoms with van der Waals surface area (Å²) in [6, 6.07) is 15.4. The highest BCUT2D eigenvalue weighted by Crippen LogP contribution is 2.17. The van der Waals surface area contributed by atoms with Gasteiger partial charge >= 0.3 is 0 Å². The second-order valence-electron chi connectivity index (χ2n) is 5.08. The number of nitrogens with two attached hydrogens (primary N) is 1. The first-order valence-electron chi connectivity index (χ1n) is 7.02. The first-order valence-corrected chi connectivity index (χ1v) is 7.02. The van der Waals surface area contributed by atoms with Crippen LogP contribution in [0, 0.1) is 0 Å². The quantitative estimate of drug-likeness (QED) is 0.791. The van der Waals surface area contributed by atoms with Crippen LogP contribution in [-0.4, -0.2) is 16.6 Å². The van der Waals surface area contributed by atoms with Crippen molar-refractivity contribution in [2.45, 2.75) is 26.4 Å². The molecule has 2 aromatic rings. The Bertz CT molecular complexity index is 554. The zero-order chi connectivity index (χ0) is 14.4. The van der Waals surface area contributed by atoms with Gasteiger partial charge in [-0.3, -0.25) is 4.90 Å². The van der Waals surface area contributed by atoms with Crippen molar-refractivity contribution in [2.75, 3.05) is 12.3 Å². The molecule has 0 fully saturated rings. The Kier molecular flexibility index (Phi) is 5.02. The monoisotopic (exact) mass is 270 g/mol. The second-order valence-corrected chi connectivity index (χ2v) is 5.08. The van der Waals surface area contributed by atoms with Crippen LogP contribution in [0.2, 0.25) is 0 Å². The first-order chi connectivity index (χ1) is 9.69. The molecule has 2 aromatic carbocycles. The van der Waals surface area contributed by atoms with E-state index in [0.717, 1.165) is 42.9 Å². The number of hydrogen-bond donors (Lipinski definition) is 2. The molecule has 0 aliphatic rings. The molecule has 0 atom stereocenters. The molecule has 2 rings (SSSR count). The van der Waals surface area contributed by atoms with Crippen LogP contribution in [0.15, 0.2) is 48.5 Å². The number of para-hydroxylation sites is 1. The van der Waals surface area contributed by atoms with Crippen molar-refractivity contribution in [3.8, 4) is 5.75 Å². The molecule has 0 aliphatic carbocycles. The fourth-order valence-corrected chi connectivity index (χ4v) is 2.36. The minimum absolute atomic E-state index is 0.318. The highest BCUT2D eigenvalue weighted by Gasteiger charge is 2.08. The van der Waals surface area contributed by atoms with E-state index >= 15 is 0 Å². The minimum Gasteiger partial charge on any atom is -0.508 e. The van der Waals surface area contributed by atoms with Gasteiger partial charge in [0.1, 0.15) is 5.75 Å². The Hall–Kier alpha value is -2.00. The first kappa shape index (κ1) is 14.4. The maximum absolute atomic E-state index is 9.55. The molecule has 0 aromatic heterocycles. The molecule has 0 aliphatic heterocycles. The Morgan fingerprint density at radius 2 is 1.85 bits per heavy atom. The Morgan fingerprint density at radius 3 is 2.55 bits per heavy atom. The second kappa shape index (κ2) is 6.96. The van der Waals surface area contributed by atoms with Gasteiger partial charge in [-0.25, -0.2) is 0 Å². The molecule has 0 saturated heterocycles. The third-order valence-electron chi connectivity index (χ3n) is 3.31. The van der Waals surface area contributed by atoms with E-state index in [1.54, 1.807) is 6.07 Å². The Balaban J connectivity index is 2.09. The molecule has 3 N–H and O–H groups in total. The van der Waals surface area contributed by atoms with Gasteiger partial charge < -0.3 is 10.8 Å². The lowest BCUT2D eigenvalue weighted by Crippen LogP contribution is -2.24. The maximum atomic E-state index is 9.55. The highest BCUT2D eigenvalue weighted by atomic mass is 16.3. The fraction of sp³-hybridized carbons (Fsp3) is 0.294. The van der Waals surface area contributed by atoms with Crippen LogP contribution >= 0.6 is 0 Å². The number of nitrogen functional groups attached to an aromatic ring is 1. The maximum Gasteiger partial charge on any atom is 0.115 e. The molecule has 3 heteroatoms. The van der Waals surface area contributed by atoms with Gasteiger partial charge in [-0.05, 0) is 42.3 Å². The molecule has 0 saturated carbocycles. The normalized spacial score (nSPS) is 10.9. The van der Waals surface area contributed by atoms with E-state index in [2.05, 4.69) is 17.9 Å². The SMILES string of the molecule is CCCN(Cc1cccc(O)c1)Cc1ccccc1N. The average Bonchev–Trinajstić information content (AvgIpc) is 2.42. The van der Waals surface area contributed by atoms with Crippen molar-refractivity contribution < 1.29 is 5.11 Å². The predicted molar refractivity (Wildman–Crippen MR) is 83.4 cm³/mol. The molecule has 106 valence electrons. The van der Waals surface area contributed by atoms with Gasteiger partial charge in [0, 0.05) is 18.8 Å². The number of phenols is 1. The largest absolute Gasteiger partial charge is 0.508 e. The van der Waals surface area contributed by atoms with E-state index in [1.807, 2.05) is 36.4 Å². The van der Waals surface area contributed by atoms with E-state index < -0.39 is 0 Å².